The van der Waals surface area contributed by atoms with Crippen molar-refractivity contribution < 1.29 is 23.5 Å². The van der Waals surface area contributed by atoms with E-state index in [4.69, 9.17) is 16.3 Å². The van der Waals surface area contributed by atoms with E-state index < -0.39 is 17.6 Å². The topological polar surface area (TPSA) is 130 Å². The molecule has 2 heterocycles. The number of anilines is 1. The molecule has 238 valence electrons. The maximum Gasteiger partial charge on any atom is 0.407 e. The third-order valence-corrected chi connectivity index (χ3v) is 6.92. The Morgan fingerprint density at radius 2 is 1.98 bits per heavy atom. The average Bonchev–Trinajstić information content (AvgIpc) is 3.39. The van der Waals surface area contributed by atoms with Gasteiger partial charge in [0.25, 0.3) is 5.91 Å². The van der Waals surface area contributed by atoms with Crippen LogP contribution in [0.2, 0.25) is 5.02 Å². The Bertz CT molecular complexity index is 1430. The van der Waals surface area contributed by atoms with E-state index in [0.29, 0.717) is 56.0 Å². The molecule has 11 nitrogen and oxygen atoms in total. The molecule has 0 radical (unpaired) electrons. The molecule has 3 rings (SSSR count). The number of aryl methyl sites for hydroxylation is 1. The molecule has 3 aromatic rings. The van der Waals surface area contributed by atoms with Crippen LogP contribution < -0.4 is 16.0 Å². The molecule has 0 bridgehead atoms. The normalized spacial score (nSPS) is 11.9. The van der Waals surface area contributed by atoms with Crippen LogP contribution in [0.25, 0.3) is 11.3 Å². The molecule has 3 N–H and O–H groups in total. The summed E-state index contributed by atoms with van der Waals surface area (Å²) in [6, 6.07) is 7.60. The molecule has 0 fully saturated rings. The summed E-state index contributed by atoms with van der Waals surface area (Å²) in [7, 11) is 1.78. The van der Waals surface area contributed by atoms with Crippen LogP contribution in [0.4, 0.5) is 15.0 Å². The fourth-order valence-electron chi connectivity index (χ4n) is 4.45. The lowest BCUT2D eigenvalue weighted by Gasteiger charge is -2.28. The zero-order chi connectivity index (χ0) is 32.3. The second-order valence-electron chi connectivity index (χ2n) is 11.3. The number of carbonyl (C=O) groups excluding carboxylic acids is 3. The molecule has 3 amide bonds. The van der Waals surface area contributed by atoms with Crippen LogP contribution in [-0.4, -0.2) is 75.9 Å². The molecule has 0 aliphatic heterocycles. The molecule has 44 heavy (non-hydrogen) atoms. The second kappa shape index (κ2) is 16.0. The Hall–Kier alpha value is -4.19. The number of halogens is 2. The van der Waals surface area contributed by atoms with Gasteiger partial charge in [0, 0.05) is 51.0 Å². The fourth-order valence-corrected chi connectivity index (χ4v) is 4.71. The number of hydrogen-bond acceptors (Lipinski definition) is 7. The molecule has 0 unspecified atom stereocenters. The standard InChI is InChI=1S/C31H41ClFN7O4/c1-6-24(40(20-41)14-8-12-35-30(43)44-31(2,3)4)18-36-29(42)25-16-26(32)27(22-17-37-39(5)19-22)38-28(25)34-13-11-21-9-7-10-23(33)15-21/h7,9-10,15-17,19-20,24H,6,8,11-14,18H2,1-5H3,(H,34,38)(H,35,43)(H,36,42)/t24-/m1/s1. The number of pyridine rings is 1. The smallest absolute Gasteiger partial charge is 0.407 e. The van der Waals surface area contributed by atoms with Gasteiger partial charge in [-0.1, -0.05) is 30.7 Å². The third-order valence-electron chi connectivity index (χ3n) is 6.63. The zero-order valence-electron chi connectivity index (χ0n) is 25.8. The Morgan fingerprint density at radius 3 is 2.61 bits per heavy atom. The Labute approximate surface area is 262 Å². The van der Waals surface area contributed by atoms with Gasteiger partial charge >= 0.3 is 6.09 Å². The fraction of sp³-hybridized carbons (Fsp3) is 0.452. The summed E-state index contributed by atoms with van der Waals surface area (Å²) >= 11 is 6.59. The number of hydrogen-bond donors (Lipinski definition) is 3. The molecule has 2 aromatic heterocycles. The van der Waals surface area contributed by atoms with Crippen LogP contribution in [0.3, 0.4) is 0 Å². The van der Waals surface area contributed by atoms with Crippen LogP contribution in [0.15, 0.2) is 42.7 Å². The summed E-state index contributed by atoms with van der Waals surface area (Å²) in [6.07, 6.45) is 5.24. The molecule has 13 heteroatoms. The first-order valence-electron chi connectivity index (χ1n) is 14.5. The van der Waals surface area contributed by atoms with Crippen molar-refractivity contribution in [3.05, 3.63) is 64.7 Å². The predicted octanol–water partition coefficient (Wildman–Crippen LogP) is 4.81. The average molecular weight is 630 g/mol. The molecule has 0 saturated carbocycles. The minimum absolute atomic E-state index is 0.193. The first-order valence-corrected chi connectivity index (χ1v) is 14.9. The minimum atomic E-state index is -0.597. The maximum absolute atomic E-state index is 13.7. The largest absolute Gasteiger partial charge is 0.444 e. The number of benzene rings is 1. The van der Waals surface area contributed by atoms with Gasteiger partial charge in [-0.25, -0.2) is 14.2 Å². The number of nitrogens with zero attached hydrogens (tertiary/aromatic N) is 4. The predicted molar refractivity (Wildman–Crippen MR) is 168 cm³/mol. The van der Waals surface area contributed by atoms with Crippen molar-refractivity contribution in [2.75, 3.05) is 31.5 Å². The molecular formula is C31H41ClFN7O4. The van der Waals surface area contributed by atoms with E-state index in [1.54, 1.807) is 61.9 Å². The van der Waals surface area contributed by atoms with E-state index in [0.717, 1.165) is 12.0 Å². The summed E-state index contributed by atoms with van der Waals surface area (Å²) in [5.74, 6) is -0.419. The monoisotopic (exact) mass is 629 g/mol. The van der Waals surface area contributed by atoms with Gasteiger partial charge in [-0.2, -0.15) is 5.10 Å². The number of amides is 3. The quantitative estimate of drug-likeness (QED) is 0.162. The highest BCUT2D eigenvalue weighted by Gasteiger charge is 2.22. The number of alkyl carbamates (subject to hydrolysis) is 1. The van der Waals surface area contributed by atoms with Gasteiger partial charge < -0.3 is 25.6 Å². The van der Waals surface area contributed by atoms with Gasteiger partial charge in [-0.15, -0.1) is 0 Å². The van der Waals surface area contributed by atoms with E-state index >= 15 is 0 Å². The summed E-state index contributed by atoms with van der Waals surface area (Å²) < 4.78 is 20.5. The molecule has 0 saturated heterocycles. The van der Waals surface area contributed by atoms with E-state index in [9.17, 15) is 18.8 Å². The minimum Gasteiger partial charge on any atom is -0.444 e. The van der Waals surface area contributed by atoms with Crippen LogP contribution in [0, 0.1) is 5.82 Å². The summed E-state index contributed by atoms with van der Waals surface area (Å²) in [5.41, 5.74) is 1.58. The van der Waals surface area contributed by atoms with Crippen LogP contribution in [0.5, 0.6) is 0 Å². The Kier molecular flexibility index (Phi) is 12.5. The summed E-state index contributed by atoms with van der Waals surface area (Å²) in [5, 5.41) is 13.3. The first kappa shape index (κ1) is 34.3. The maximum atomic E-state index is 13.7. The van der Waals surface area contributed by atoms with Crippen molar-refractivity contribution in [3.8, 4) is 11.3 Å². The van der Waals surface area contributed by atoms with E-state index in [2.05, 4.69) is 26.0 Å². The van der Waals surface area contributed by atoms with Crippen molar-refractivity contribution in [2.45, 2.75) is 58.6 Å². The van der Waals surface area contributed by atoms with Crippen molar-refractivity contribution >= 4 is 35.8 Å². The van der Waals surface area contributed by atoms with Gasteiger partial charge in [0.2, 0.25) is 6.41 Å². The van der Waals surface area contributed by atoms with Crippen LogP contribution in [0.1, 0.15) is 56.5 Å². The second-order valence-corrected chi connectivity index (χ2v) is 11.7. The summed E-state index contributed by atoms with van der Waals surface area (Å²) in [4.78, 5) is 43.5. The number of carbonyl (C=O) groups is 3. The highest BCUT2D eigenvalue weighted by molar-refractivity contribution is 6.33. The molecule has 0 spiro atoms. The number of rotatable bonds is 15. The highest BCUT2D eigenvalue weighted by Crippen LogP contribution is 2.30. The number of ether oxygens (including phenoxy) is 1. The number of nitrogens with one attached hydrogen (secondary N) is 3. The third kappa shape index (κ3) is 10.5. The molecule has 1 aromatic carbocycles. The Morgan fingerprint density at radius 1 is 1.20 bits per heavy atom. The van der Waals surface area contributed by atoms with Gasteiger partial charge in [0.1, 0.15) is 17.2 Å². The van der Waals surface area contributed by atoms with Crippen molar-refractivity contribution in [3.63, 3.8) is 0 Å². The van der Waals surface area contributed by atoms with Gasteiger partial charge in [-0.05, 0) is 63.8 Å². The lowest BCUT2D eigenvalue weighted by atomic mass is 10.1. The van der Waals surface area contributed by atoms with E-state index in [1.165, 1.54) is 12.1 Å². The van der Waals surface area contributed by atoms with Crippen molar-refractivity contribution in [2.24, 2.45) is 7.05 Å². The zero-order valence-corrected chi connectivity index (χ0v) is 26.6. The molecule has 0 aliphatic carbocycles. The van der Waals surface area contributed by atoms with E-state index in [-0.39, 0.29) is 29.0 Å². The lowest BCUT2D eigenvalue weighted by molar-refractivity contribution is -0.120. The van der Waals surface area contributed by atoms with Gasteiger partial charge in [-0.3, -0.25) is 14.3 Å². The van der Waals surface area contributed by atoms with Crippen molar-refractivity contribution in [1.29, 1.82) is 0 Å². The number of aromatic nitrogens is 3. The van der Waals surface area contributed by atoms with E-state index in [1.807, 2.05) is 13.0 Å². The lowest BCUT2D eigenvalue weighted by Crippen LogP contribution is -2.44. The molecule has 1 atom stereocenters. The summed E-state index contributed by atoms with van der Waals surface area (Å²) in [6.45, 7) is 8.57. The SMILES string of the molecule is CC[C@H](CNC(=O)c1cc(Cl)c(-c2cnn(C)c2)nc1NCCc1cccc(F)c1)N(C=O)CCCNC(=O)OC(C)(C)C. The van der Waals surface area contributed by atoms with Crippen LogP contribution in [-0.2, 0) is 23.0 Å². The highest BCUT2D eigenvalue weighted by atomic mass is 35.5. The van der Waals surface area contributed by atoms with Gasteiger partial charge in [0.15, 0.2) is 0 Å². The van der Waals surface area contributed by atoms with Gasteiger partial charge in [0.05, 0.1) is 22.5 Å². The first-order chi connectivity index (χ1) is 20.9. The van der Waals surface area contributed by atoms with Crippen molar-refractivity contribution in [1.82, 2.24) is 30.3 Å². The van der Waals surface area contributed by atoms with Crippen LogP contribution >= 0.6 is 11.6 Å². The molecular weight excluding hydrogens is 589 g/mol. The molecule has 0 aliphatic rings. The Balaban J connectivity index is 1.68.